The molecule has 1 aliphatic rings. The van der Waals surface area contributed by atoms with E-state index in [-0.39, 0.29) is 5.69 Å². The van der Waals surface area contributed by atoms with Crippen molar-refractivity contribution >= 4 is 40.7 Å². The van der Waals surface area contributed by atoms with Gasteiger partial charge in [0.2, 0.25) is 0 Å². The predicted octanol–water partition coefficient (Wildman–Crippen LogP) is 8.31. The number of halogens is 2. The van der Waals surface area contributed by atoms with Crippen molar-refractivity contribution in [3.8, 4) is 27.3 Å². The molecule has 9 heteroatoms. The first-order valence-corrected chi connectivity index (χ1v) is 13.4. The minimum Gasteiger partial charge on any atom is -0.496 e. The van der Waals surface area contributed by atoms with Gasteiger partial charge in [-0.3, -0.25) is 10.1 Å². The summed E-state index contributed by atoms with van der Waals surface area (Å²) in [5, 5.41) is 12.3. The number of methoxy groups -OCH3 is 1. The number of anilines is 1. The van der Waals surface area contributed by atoms with E-state index in [1.807, 2.05) is 36.4 Å². The quantitative estimate of drug-likeness (QED) is 0.224. The van der Waals surface area contributed by atoms with Crippen LogP contribution in [0.1, 0.15) is 37.0 Å². The third kappa shape index (κ3) is 5.48. The van der Waals surface area contributed by atoms with Crippen molar-refractivity contribution in [1.82, 2.24) is 0 Å². The number of carboxylic acids is 1. The first-order valence-electron chi connectivity index (χ1n) is 12.3. The Kier molecular flexibility index (Phi) is 7.34. The molecule has 6 nitrogen and oxygen atoms in total. The van der Waals surface area contributed by atoms with Gasteiger partial charge in [-0.25, -0.2) is 4.79 Å². The SMILES string of the molecule is COc1cc(-c2sc(F)cc2NC(=O)OC(C)c2ccc(Cl)cc2)ccc1-c1ccc(C2(C(=O)O)CC2)cc1. The first kappa shape index (κ1) is 26.7. The number of ether oxygens (including phenoxy) is 2. The molecule has 2 N–H and O–H groups in total. The number of carboxylic acid groups (broad SMARTS) is 1. The molecule has 0 aliphatic heterocycles. The van der Waals surface area contributed by atoms with E-state index in [4.69, 9.17) is 21.1 Å². The second kappa shape index (κ2) is 10.7. The molecule has 5 rings (SSSR count). The van der Waals surface area contributed by atoms with Crippen molar-refractivity contribution in [2.24, 2.45) is 0 Å². The van der Waals surface area contributed by atoms with E-state index in [1.165, 1.54) is 6.07 Å². The van der Waals surface area contributed by atoms with Crippen molar-refractivity contribution in [3.63, 3.8) is 0 Å². The minimum absolute atomic E-state index is 0.286. The lowest BCUT2D eigenvalue weighted by Gasteiger charge is -2.15. The smallest absolute Gasteiger partial charge is 0.412 e. The van der Waals surface area contributed by atoms with E-state index in [0.29, 0.717) is 34.1 Å². The zero-order valence-corrected chi connectivity index (χ0v) is 22.7. The molecule has 1 heterocycles. The van der Waals surface area contributed by atoms with E-state index in [1.54, 1.807) is 44.4 Å². The van der Waals surface area contributed by atoms with Gasteiger partial charge in [0, 0.05) is 16.7 Å². The summed E-state index contributed by atoms with van der Waals surface area (Å²) in [6, 6.07) is 21.1. The van der Waals surface area contributed by atoms with Gasteiger partial charge < -0.3 is 14.6 Å². The van der Waals surface area contributed by atoms with E-state index in [9.17, 15) is 19.1 Å². The van der Waals surface area contributed by atoms with E-state index >= 15 is 0 Å². The van der Waals surface area contributed by atoms with Gasteiger partial charge in [0.1, 0.15) is 11.9 Å². The van der Waals surface area contributed by atoms with Gasteiger partial charge in [-0.2, -0.15) is 4.39 Å². The Hall–Kier alpha value is -3.88. The fraction of sp³-hybridized carbons (Fsp3) is 0.200. The number of hydrogen-bond donors (Lipinski definition) is 2. The Balaban J connectivity index is 1.36. The van der Waals surface area contributed by atoms with Gasteiger partial charge in [-0.05, 0) is 60.2 Å². The molecular formula is C30H25ClFNO5S. The molecule has 4 aromatic rings. The van der Waals surface area contributed by atoms with Crippen LogP contribution in [-0.2, 0) is 14.9 Å². The van der Waals surface area contributed by atoms with Crippen molar-refractivity contribution in [1.29, 1.82) is 0 Å². The zero-order chi connectivity index (χ0) is 27.7. The second-order valence-electron chi connectivity index (χ2n) is 9.40. The molecular weight excluding hydrogens is 541 g/mol. The molecule has 0 bridgehead atoms. The molecule has 1 atom stereocenters. The zero-order valence-electron chi connectivity index (χ0n) is 21.2. The van der Waals surface area contributed by atoms with Crippen LogP contribution in [0.4, 0.5) is 14.9 Å². The van der Waals surface area contributed by atoms with Crippen LogP contribution in [-0.4, -0.2) is 24.3 Å². The highest BCUT2D eigenvalue weighted by atomic mass is 35.5. The summed E-state index contributed by atoms with van der Waals surface area (Å²) in [6.07, 6.45) is 0.0300. The number of hydrogen-bond acceptors (Lipinski definition) is 5. The number of carbonyl (C=O) groups is 2. The number of amides is 1. The number of nitrogens with one attached hydrogen (secondary N) is 1. The average Bonchev–Trinajstić information content (AvgIpc) is 3.66. The topological polar surface area (TPSA) is 84.9 Å². The van der Waals surface area contributed by atoms with Crippen molar-refractivity contribution in [2.45, 2.75) is 31.3 Å². The highest BCUT2D eigenvalue weighted by Crippen LogP contribution is 2.49. The molecule has 1 saturated carbocycles. The first-order chi connectivity index (χ1) is 18.7. The standard InChI is InChI=1S/C30H25ClFNO5S/c1-17(18-5-10-22(31)11-6-18)38-29(36)33-24-16-26(32)39-27(24)20-7-12-23(25(15-20)37-2)19-3-8-21(9-4-19)30(13-14-30)28(34)35/h3-12,15-17H,13-14H2,1-2H3,(H,33,36)(H,34,35). The molecule has 1 aliphatic carbocycles. The third-order valence-electron chi connectivity index (χ3n) is 6.93. The summed E-state index contributed by atoms with van der Waals surface area (Å²) in [5.74, 6) is -0.244. The highest BCUT2D eigenvalue weighted by Gasteiger charge is 2.51. The summed E-state index contributed by atoms with van der Waals surface area (Å²) in [6.45, 7) is 1.74. The Morgan fingerprint density at radius 2 is 1.69 bits per heavy atom. The van der Waals surface area contributed by atoms with Gasteiger partial charge in [0.05, 0.1) is 23.1 Å². The Morgan fingerprint density at radius 3 is 2.31 bits per heavy atom. The number of carbonyl (C=O) groups excluding carboxylic acids is 1. The van der Waals surface area contributed by atoms with Crippen LogP contribution in [0.5, 0.6) is 5.75 Å². The van der Waals surface area contributed by atoms with Crippen molar-refractivity contribution < 1.29 is 28.6 Å². The monoisotopic (exact) mass is 565 g/mol. The molecule has 0 saturated heterocycles. The summed E-state index contributed by atoms with van der Waals surface area (Å²) < 4.78 is 25.5. The molecule has 1 unspecified atom stereocenters. The highest BCUT2D eigenvalue weighted by molar-refractivity contribution is 7.14. The normalized spacial score (nSPS) is 14.4. The lowest BCUT2D eigenvalue weighted by Crippen LogP contribution is -2.19. The van der Waals surface area contributed by atoms with Crippen LogP contribution in [0.2, 0.25) is 5.02 Å². The average molecular weight is 566 g/mol. The van der Waals surface area contributed by atoms with Gasteiger partial charge in [0.15, 0.2) is 5.13 Å². The van der Waals surface area contributed by atoms with Gasteiger partial charge in [0.25, 0.3) is 0 Å². The van der Waals surface area contributed by atoms with Crippen molar-refractivity contribution in [3.05, 3.63) is 94.1 Å². The summed E-state index contributed by atoms with van der Waals surface area (Å²) in [7, 11) is 1.55. The Morgan fingerprint density at radius 1 is 1.03 bits per heavy atom. The van der Waals surface area contributed by atoms with Gasteiger partial charge in [-0.15, -0.1) is 11.3 Å². The van der Waals surface area contributed by atoms with Gasteiger partial charge >= 0.3 is 12.1 Å². The van der Waals surface area contributed by atoms with Crippen LogP contribution in [0.15, 0.2) is 72.8 Å². The Labute approximate surface area is 234 Å². The van der Waals surface area contributed by atoms with Crippen molar-refractivity contribution in [2.75, 3.05) is 12.4 Å². The fourth-order valence-electron chi connectivity index (χ4n) is 4.56. The molecule has 1 amide bonds. The lowest BCUT2D eigenvalue weighted by molar-refractivity contribution is -0.140. The maximum absolute atomic E-state index is 14.4. The molecule has 200 valence electrons. The van der Waals surface area contributed by atoms with Crippen LogP contribution in [0.3, 0.4) is 0 Å². The third-order valence-corrected chi connectivity index (χ3v) is 8.16. The maximum Gasteiger partial charge on any atom is 0.412 e. The molecule has 3 aromatic carbocycles. The number of thiophene rings is 1. The van der Waals surface area contributed by atoms with Crippen LogP contribution in [0, 0.1) is 5.13 Å². The molecule has 1 fully saturated rings. The van der Waals surface area contributed by atoms with E-state index in [2.05, 4.69) is 5.32 Å². The predicted molar refractivity (Wildman–Crippen MR) is 150 cm³/mol. The molecule has 0 radical (unpaired) electrons. The van der Waals surface area contributed by atoms with Crippen LogP contribution >= 0.6 is 22.9 Å². The Bertz CT molecular complexity index is 1530. The number of rotatable bonds is 8. The summed E-state index contributed by atoms with van der Waals surface area (Å²) in [5.41, 5.74) is 3.39. The van der Waals surface area contributed by atoms with E-state index in [0.717, 1.165) is 33.6 Å². The molecule has 1 aromatic heterocycles. The van der Waals surface area contributed by atoms with Crippen LogP contribution in [0.25, 0.3) is 21.6 Å². The molecule has 0 spiro atoms. The second-order valence-corrected chi connectivity index (χ2v) is 10.8. The van der Waals surface area contributed by atoms with Crippen LogP contribution < -0.4 is 10.1 Å². The van der Waals surface area contributed by atoms with E-state index < -0.39 is 28.7 Å². The number of aliphatic carboxylic acids is 1. The lowest BCUT2D eigenvalue weighted by atomic mass is 9.93. The maximum atomic E-state index is 14.4. The fourth-order valence-corrected chi connectivity index (χ4v) is 5.52. The van der Waals surface area contributed by atoms with Gasteiger partial charge in [-0.1, -0.05) is 60.1 Å². The minimum atomic E-state index is -0.798. The largest absolute Gasteiger partial charge is 0.496 e. The molecule has 39 heavy (non-hydrogen) atoms. The summed E-state index contributed by atoms with van der Waals surface area (Å²) in [4.78, 5) is 24.8. The summed E-state index contributed by atoms with van der Waals surface area (Å²) >= 11 is 6.82. The number of benzene rings is 3.